The predicted octanol–water partition coefficient (Wildman–Crippen LogP) is 16.5. The van der Waals surface area contributed by atoms with Crippen LogP contribution in [0.4, 0.5) is 0 Å². The van der Waals surface area contributed by atoms with Gasteiger partial charge in [0.25, 0.3) is 0 Å². The Labute approximate surface area is 365 Å². The van der Waals surface area contributed by atoms with Gasteiger partial charge in [-0.2, -0.15) is 0 Å². The molecule has 0 rings (SSSR count). The molecular formula is C53H96O6. The van der Waals surface area contributed by atoms with Gasteiger partial charge in [0.2, 0.25) is 0 Å². The SMILES string of the molecule is CCCCC/C=C\C/C=C\C/C=C\CCCCCCCCC(=O)OCC(COC(=O)CCCCCCCCCCC)OC(=O)CCCCCCCCCCCCCCC. The van der Waals surface area contributed by atoms with Crippen molar-refractivity contribution in [3.05, 3.63) is 36.5 Å². The molecular weight excluding hydrogens is 733 g/mol. The van der Waals surface area contributed by atoms with E-state index in [1.807, 2.05) is 0 Å². The fourth-order valence-electron chi connectivity index (χ4n) is 7.27. The number of hydrogen-bond donors (Lipinski definition) is 0. The van der Waals surface area contributed by atoms with Crippen molar-refractivity contribution in [3.8, 4) is 0 Å². The zero-order valence-electron chi connectivity index (χ0n) is 39.3. The maximum absolute atomic E-state index is 12.7. The second-order valence-electron chi connectivity index (χ2n) is 17.1. The molecule has 0 spiro atoms. The van der Waals surface area contributed by atoms with Gasteiger partial charge in [0.15, 0.2) is 6.10 Å². The third-order valence-electron chi connectivity index (χ3n) is 11.1. The van der Waals surface area contributed by atoms with Crippen LogP contribution in [0.3, 0.4) is 0 Å². The zero-order chi connectivity index (χ0) is 43.0. The van der Waals surface area contributed by atoms with Crippen LogP contribution in [0.2, 0.25) is 0 Å². The van der Waals surface area contributed by atoms with Crippen LogP contribution in [0, 0.1) is 0 Å². The second kappa shape index (κ2) is 48.3. The fraction of sp³-hybridized carbons (Fsp3) is 0.830. The zero-order valence-corrected chi connectivity index (χ0v) is 39.3. The Balaban J connectivity index is 4.31. The third-order valence-corrected chi connectivity index (χ3v) is 11.1. The fourth-order valence-corrected chi connectivity index (χ4v) is 7.27. The molecule has 0 aromatic carbocycles. The number of ether oxygens (including phenoxy) is 3. The molecule has 0 fully saturated rings. The first kappa shape index (κ1) is 56.6. The van der Waals surface area contributed by atoms with E-state index in [-0.39, 0.29) is 31.1 Å². The minimum absolute atomic E-state index is 0.0728. The van der Waals surface area contributed by atoms with Gasteiger partial charge in [0.05, 0.1) is 0 Å². The summed E-state index contributed by atoms with van der Waals surface area (Å²) in [5.41, 5.74) is 0. The minimum Gasteiger partial charge on any atom is -0.462 e. The standard InChI is InChI=1S/C53H96O6/c1-4-7-10-13-16-19-21-23-24-25-26-27-28-30-31-34-37-40-43-46-52(55)58-49-50(48-57-51(54)45-42-39-36-33-18-15-12-9-6-3)59-53(56)47-44-41-38-35-32-29-22-20-17-14-11-8-5-2/h16,19,23-24,26-27,50H,4-15,17-18,20-22,25,28-49H2,1-3H3/b19-16-,24-23-,27-26-. The van der Waals surface area contributed by atoms with Crippen LogP contribution in [-0.4, -0.2) is 37.2 Å². The highest BCUT2D eigenvalue weighted by atomic mass is 16.6. The predicted molar refractivity (Wildman–Crippen MR) is 252 cm³/mol. The summed E-state index contributed by atoms with van der Waals surface area (Å²) in [4.78, 5) is 37.8. The maximum atomic E-state index is 12.7. The molecule has 59 heavy (non-hydrogen) atoms. The summed E-state index contributed by atoms with van der Waals surface area (Å²) in [5.74, 6) is -0.879. The molecule has 1 unspecified atom stereocenters. The van der Waals surface area contributed by atoms with E-state index < -0.39 is 6.10 Å². The lowest BCUT2D eigenvalue weighted by Gasteiger charge is -2.18. The van der Waals surface area contributed by atoms with Crippen molar-refractivity contribution < 1.29 is 28.6 Å². The van der Waals surface area contributed by atoms with Gasteiger partial charge in [-0.3, -0.25) is 14.4 Å². The lowest BCUT2D eigenvalue weighted by Crippen LogP contribution is -2.30. The molecule has 6 nitrogen and oxygen atoms in total. The van der Waals surface area contributed by atoms with Crippen LogP contribution in [0.15, 0.2) is 36.5 Å². The molecule has 344 valence electrons. The monoisotopic (exact) mass is 829 g/mol. The largest absolute Gasteiger partial charge is 0.462 e. The second-order valence-corrected chi connectivity index (χ2v) is 17.1. The van der Waals surface area contributed by atoms with Gasteiger partial charge >= 0.3 is 17.9 Å². The number of esters is 3. The molecule has 0 radical (unpaired) electrons. The van der Waals surface area contributed by atoms with Gasteiger partial charge < -0.3 is 14.2 Å². The molecule has 0 aromatic heterocycles. The van der Waals surface area contributed by atoms with Crippen molar-refractivity contribution in [1.82, 2.24) is 0 Å². The first-order valence-corrected chi connectivity index (χ1v) is 25.5. The summed E-state index contributed by atoms with van der Waals surface area (Å²) < 4.78 is 16.7. The quantitative estimate of drug-likeness (QED) is 0.0263. The molecule has 0 bridgehead atoms. The highest BCUT2D eigenvalue weighted by molar-refractivity contribution is 5.71. The van der Waals surface area contributed by atoms with Crippen LogP contribution in [0.1, 0.15) is 265 Å². The molecule has 0 heterocycles. The average molecular weight is 829 g/mol. The van der Waals surface area contributed by atoms with Crippen molar-refractivity contribution in [1.29, 1.82) is 0 Å². The van der Waals surface area contributed by atoms with Gasteiger partial charge in [0.1, 0.15) is 13.2 Å². The molecule has 0 aliphatic heterocycles. The Morgan fingerprint density at radius 3 is 0.983 bits per heavy atom. The normalized spacial score (nSPS) is 12.3. The Morgan fingerprint density at radius 2 is 0.610 bits per heavy atom. The van der Waals surface area contributed by atoms with Crippen LogP contribution in [0.5, 0.6) is 0 Å². The summed E-state index contributed by atoms with van der Waals surface area (Å²) in [7, 11) is 0. The van der Waals surface area contributed by atoms with Gasteiger partial charge in [-0.05, 0) is 57.8 Å². The van der Waals surface area contributed by atoms with Crippen molar-refractivity contribution in [2.24, 2.45) is 0 Å². The minimum atomic E-state index is -0.771. The third kappa shape index (κ3) is 46.5. The van der Waals surface area contributed by atoms with Gasteiger partial charge in [0, 0.05) is 19.3 Å². The van der Waals surface area contributed by atoms with Crippen molar-refractivity contribution >= 4 is 17.9 Å². The summed E-state index contributed by atoms with van der Waals surface area (Å²) in [5, 5.41) is 0. The number of allylic oxidation sites excluding steroid dienone is 6. The van der Waals surface area contributed by atoms with E-state index in [2.05, 4.69) is 57.2 Å². The van der Waals surface area contributed by atoms with Crippen LogP contribution >= 0.6 is 0 Å². The van der Waals surface area contributed by atoms with E-state index in [1.165, 1.54) is 148 Å². The number of unbranched alkanes of at least 4 members (excludes halogenated alkanes) is 29. The summed E-state index contributed by atoms with van der Waals surface area (Å²) in [6, 6.07) is 0. The number of hydrogen-bond acceptors (Lipinski definition) is 6. The van der Waals surface area contributed by atoms with E-state index in [4.69, 9.17) is 14.2 Å². The average Bonchev–Trinajstić information content (AvgIpc) is 3.23. The maximum Gasteiger partial charge on any atom is 0.306 e. The van der Waals surface area contributed by atoms with E-state index >= 15 is 0 Å². The molecule has 1 atom stereocenters. The molecule has 0 aliphatic rings. The van der Waals surface area contributed by atoms with E-state index in [0.717, 1.165) is 77.0 Å². The number of carbonyl (C=O) groups excluding carboxylic acids is 3. The molecule has 0 amide bonds. The summed E-state index contributed by atoms with van der Waals surface area (Å²) in [6.07, 6.45) is 55.5. The first-order chi connectivity index (χ1) is 29.0. The molecule has 0 aromatic rings. The molecule has 0 saturated carbocycles. The topological polar surface area (TPSA) is 78.9 Å². The van der Waals surface area contributed by atoms with Crippen molar-refractivity contribution in [2.45, 2.75) is 271 Å². The van der Waals surface area contributed by atoms with Gasteiger partial charge in [-0.25, -0.2) is 0 Å². The van der Waals surface area contributed by atoms with Crippen molar-refractivity contribution in [2.75, 3.05) is 13.2 Å². The van der Waals surface area contributed by atoms with Crippen LogP contribution in [0.25, 0.3) is 0 Å². The molecule has 0 aliphatic carbocycles. The van der Waals surface area contributed by atoms with Crippen molar-refractivity contribution in [3.63, 3.8) is 0 Å². The van der Waals surface area contributed by atoms with Gasteiger partial charge in [-0.1, -0.05) is 224 Å². The Hall–Kier alpha value is -2.37. The highest BCUT2D eigenvalue weighted by Gasteiger charge is 2.19. The van der Waals surface area contributed by atoms with Crippen LogP contribution in [-0.2, 0) is 28.6 Å². The van der Waals surface area contributed by atoms with E-state index in [0.29, 0.717) is 19.3 Å². The Kier molecular flexibility index (Phi) is 46.4. The lowest BCUT2D eigenvalue weighted by atomic mass is 10.0. The Morgan fingerprint density at radius 1 is 0.339 bits per heavy atom. The first-order valence-electron chi connectivity index (χ1n) is 25.5. The summed E-state index contributed by atoms with van der Waals surface area (Å²) in [6.45, 7) is 6.59. The molecule has 6 heteroatoms. The van der Waals surface area contributed by atoms with E-state index in [9.17, 15) is 14.4 Å². The molecule has 0 saturated heterocycles. The van der Waals surface area contributed by atoms with E-state index in [1.54, 1.807) is 0 Å². The molecule has 0 N–H and O–H groups in total. The lowest BCUT2D eigenvalue weighted by molar-refractivity contribution is -0.167. The smallest absolute Gasteiger partial charge is 0.306 e. The summed E-state index contributed by atoms with van der Waals surface area (Å²) >= 11 is 0. The number of rotatable bonds is 46. The number of carbonyl (C=O) groups is 3. The Bertz CT molecular complexity index is 1000. The van der Waals surface area contributed by atoms with Gasteiger partial charge in [-0.15, -0.1) is 0 Å². The highest BCUT2D eigenvalue weighted by Crippen LogP contribution is 2.15. The van der Waals surface area contributed by atoms with Crippen LogP contribution < -0.4 is 0 Å².